The van der Waals surface area contributed by atoms with Gasteiger partial charge in [0.05, 0.1) is 0 Å². The Morgan fingerprint density at radius 1 is 1.55 bits per heavy atom. The molecule has 1 aromatic heterocycles. The van der Waals surface area contributed by atoms with Gasteiger partial charge in [0, 0.05) is 6.42 Å². The topological polar surface area (TPSA) is 46.0 Å². The molecule has 0 spiro atoms. The van der Waals surface area contributed by atoms with Crippen molar-refractivity contribution < 1.29 is 5.11 Å². The van der Waals surface area contributed by atoms with Crippen molar-refractivity contribution in [3.63, 3.8) is 0 Å². The van der Waals surface area contributed by atoms with Crippen LogP contribution in [0, 0.1) is 5.92 Å². The molecule has 0 radical (unpaired) electrons. The van der Waals surface area contributed by atoms with Crippen LogP contribution in [0.4, 0.5) is 0 Å². The number of aryl methyl sites for hydroxylation is 1. The summed E-state index contributed by atoms with van der Waals surface area (Å²) in [4.78, 5) is 3.85. The van der Waals surface area contributed by atoms with Crippen LogP contribution < -0.4 is 0 Å². The summed E-state index contributed by atoms with van der Waals surface area (Å²) < 4.78 is 3.68. The van der Waals surface area contributed by atoms with Crippen LogP contribution in [0.25, 0.3) is 0 Å². The lowest BCUT2D eigenvalue weighted by Crippen LogP contribution is -1.90. The van der Waals surface area contributed by atoms with E-state index in [9.17, 15) is 0 Å². The third kappa shape index (κ3) is 2.84. The summed E-state index contributed by atoms with van der Waals surface area (Å²) in [5.41, 5.74) is 0. The third-order valence-electron chi connectivity index (χ3n) is 1.39. The summed E-state index contributed by atoms with van der Waals surface area (Å²) in [7, 11) is 0. The predicted molar refractivity (Wildman–Crippen MR) is 44.7 cm³/mol. The summed E-state index contributed by atoms with van der Waals surface area (Å²) >= 11 is 1.28. The first-order valence-corrected chi connectivity index (χ1v) is 4.47. The Labute approximate surface area is 70.3 Å². The molecule has 0 saturated heterocycles. The Bertz CT molecular complexity index is 222. The number of aromatic nitrogens is 2. The van der Waals surface area contributed by atoms with Gasteiger partial charge in [0.15, 0.2) is 0 Å². The standard InChI is InChI=1S/C7H12N2OS/c1-5(2)3-4-6-8-7(10)9-11-6/h5H,3-4H2,1-2H3,(H,9,10). The van der Waals surface area contributed by atoms with E-state index in [1.165, 1.54) is 11.5 Å². The Morgan fingerprint density at radius 3 is 2.73 bits per heavy atom. The van der Waals surface area contributed by atoms with Gasteiger partial charge >= 0.3 is 6.01 Å². The van der Waals surface area contributed by atoms with Crippen LogP contribution >= 0.6 is 11.5 Å². The molecule has 62 valence electrons. The zero-order valence-electron chi connectivity index (χ0n) is 6.74. The Morgan fingerprint density at radius 2 is 2.27 bits per heavy atom. The van der Waals surface area contributed by atoms with E-state index in [-0.39, 0.29) is 6.01 Å². The lowest BCUT2D eigenvalue weighted by Gasteiger charge is -1.99. The normalized spacial score (nSPS) is 10.8. The molecule has 11 heavy (non-hydrogen) atoms. The van der Waals surface area contributed by atoms with Crippen molar-refractivity contribution in [3.05, 3.63) is 5.01 Å². The first-order valence-electron chi connectivity index (χ1n) is 3.70. The third-order valence-corrected chi connectivity index (χ3v) is 2.15. The Kier molecular flexibility index (Phi) is 2.82. The van der Waals surface area contributed by atoms with Gasteiger partial charge in [-0.2, -0.15) is 4.98 Å². The number of hydrogen-bond acceptors (Lipinski definition) is 4. The molecule has 0 aromatic carbocycles. The Hall–Kier alpha value is -0.640. The fraction of sp³-hybridized carbons (Fsp3) is 0.714. The van der Waals surface area contributed by atoms with Gasteiger partial charge in [-0.15, -0.1) is 4.37 Å². The van der Waals surface area contributed by atoms with Gasteiger partial charge in [0.25, 0.3) is 0 Å². The molecule has 0 aliphatic rings. The molecule has 0 saturated carbocycles. The first-order chi connectivity index (χ1) is 5.18. The molecule has 4 heteroatoms. The van der Waals surface area contributed by atoms with Crippen molar-refractivity contribution in [2.24, 2.45) is 5.92 Å². The fourth-order valence-corrected chi connectivity index (χ4v) is 1.32. The monoisotopic (exact) mass is 172 g/mol. The minimum absolute atomic E-state index is 0.0891. The molecule has 0 amide bonds. The summed E-state index contributed by atoms with van der Waals surface area (Å²) in [6, 6.07) is -0.0891. The maximum atomic E-state index is 8.81. The highest BCUT2D eigenvalue weighted by Crippen LogP contribution is 2.13. The maximum absolute atomic E-state index is 8.81. The molecule has 1 rings (SSSR count). The van der Waals surface area contributed by atoms with Crippen LogP contribution in [-0.2, 0) is 6.42 Å². The van der Waals surface area contributed by atoms with Crippen molar-refractivity contribution >= 4 is 11.5 Å². The average molecular weight is 172 g/mol. The lowest BCUT2D eigenvalue weighted by atomic mass is 10.1. The minimum Gasteiger partial charge on any atom is -0.478 e. The molecule has 0 atom stereocenters. The SMILES string of the molecule is CC(C)CCc1nc(O)ns1. The van der Waals surface area contributed by atoms with Crippen LogP contribution in [0.2, 0.25) is 0 Å². The lowest BCUT2D eigenvalue weighted by molar-refractivity contribution is 0.436. The van der Waals surface area contributed by atoms with Crippen molar-refractivity contribution in [1.82, 2.24) is 9.36 Å². The van der Waals surface area contributed by atoms with E-state index in [1.807, 2.05) is 0 Å². The molecule has 1 aromatic rings. The second kappa shape index (κ2) is 3.67. The molecule has 0 unspecified atom stereocenters. The molecular weight excluding hydrogens is 160 g/mol. The second-order valence-corrected chi connectivity index (χ2v) is 3.76. The zero-order valence-corrected chi connectivity index (χ0v) is 7.56. The second-order valence-electron chi connectivity index (χ2n) is 2.92. The largest absolute Gasteiger partial charge is 0.478 e. The molecule has 0 fully saturated rings. The summed E-state index contributed by atoms with van der Waals surface area (Å²) in [5, 5.41) is 9.73. The van der Waals surface area contributed by atoms with Gasteiger partial charge in [0.1, 0.15) is 5.01 Å². The molecule has 1 N–H and O–H groups in total. The maximum Gasteiger partial charge on any atom is 0.325 e. The number of hydrogen-bond donors (Lipinski definition) is 1. The van der Waals surface area contributed by atoms with Gasteiger partial charge < -0.3 is 5.11 Å². The smallest absolute Gasteiger partial charge is 0.325 e. The predicted octanol–water partition coefficient (Wildman–Crippen LogP) is 1.83. The van der Waals surface area contributed by atoms with Crippen molar-refractivity contribution in [3.8, 4) is 6.01 Å². The van der Waals surface area contributed by atoms with Crippen molar-refractivity contribution in [2.75, 3.05) is 0 Å². The summed E-state index contributed by atoms with van der Waals surface area (Å²) in [6.07, 6.45) is 2.03. The van der Waals surface area contributed by atoms with E-state index in [4.69, 9.17) is 5.11 Å². The van der Waals surface area contributed by atoms with E-state index >= 15 is 0 Å². The fourth-order valence-electron chi connectivity index (χ4n) is 0.760. The van der Waals surface area contributed by atoms with Crippen LogP contribution in [0.5, 0.6) is 6.01 Å². The van der Waals surface area contributed by atoms with Crippen LogP contribution in [0.3, 0.4) is 0 Å². The van der Waals surface area contributed by atoms with Gasteiger partial charge in [-0.25, -0.2) is 0 Å². The molecule has 3 nitrogen and oxygen atoms in total. The number of nitrogens with zero attached hydrogens (tertiary/aromatic N) is 2. The van der Waals surface area contributed by atoms with Crippen molar-refractivity contribution in [1.29, 1.82) is 0 Å². The molecule has 1 heterocycles. The summed E-state index contributed by atoms with van der Waals surface area (Å²) in [5.74, 6) is 0.682. The van der Waals surface area contributed by atoms with Gasteiger partial charge in [-0.3, -0.25) is 0 Å². The van der Waals surface area contributed by atoms with Crippen LogP contribution in [-0.4, -0.2) is 14.5 Å². The van der Waals surface area contributed by atoms with Crippen molar-refractivity contribution in [2.45, 2.75) is 26.7 Å². The van der Waals surface area contributed by atoms with E-state index < -0.39 is 0 Å². The van der Waals surface area contributed by atoms with E-state index in [1.54, 1.807) is 0 Å². The van der Waals surface area contributed by atoms with Crippen LogP contribution in [0.1, 0.15) is 25.3 Å². The van der Waals surface area contributed by atoms with E-state index in [0.717, 1.165) is 17.8 Å². The minimum atomic E-state index is -0.0891. The van der Waals surface area contributed by atoms with E-state index in [2.05, 4.69) is 23.2 Å². The van der Waals surface area contributed by atoms with E-state index in [0.29, 0.717) is 5.92 Å². The molecular formula is C7H12N2OS. The molecule has 0 aliphatic heterocycles. The first kappa shape index (κ1) is 8.46. The zero-order chi connectivity index (χ0) is 8.27. The van der Waals surface area contributed by atoms with Gasteiger partial charge in [-0.1, -0.05) is 13.8 Å². The Balaban J connectivity index is 2.39. The van der Waals surface area contributed by atoms with Crippen LogP contribution in [0.15, 0.2) is 0 Å². The highest BCUT2D eigenvalue weighted by atomic mass is 32.1. The molecule has 0 aliphatic carbocycles. The number of rotatable bonds is 3. The van der Waals surface area contributed by atoms with Gasteiger partial charge in [0.2, 0.25) is 0 Å². The van der Waals surface area contributed by atoms with Gasteiger partial charge in [-0.05, 0) is 23.9 Å². The molecule has 0 bridgehead atoms. The number of aromatic hydroxyl groups is 1. The quantitative estimate of drug-likeness (QED) is 0.756. The highest BCUT2D eigenvalue weighted by Gasteiger charge is 2.02. The highest BCUT2D eigenvalue weighted by molar-refractivity contribution is 7.05. The summed E-state index contributed by atoms with van der Waals surface area (Å²) in [6.45, 7) is 4.34. The average Bonchev–Trinajstić information content (AvgIpc) is 2.31.